The van der Waals surface area contributed by atoms with Gasteiger partial charge in [0.05, 0.1) is 23.0 Å². The lowest BCUT2D eigenvalue weighted by atomic mass is 10.2. The average molecular weight is 516 g/mol. The van der Waals surface area contributed by atoms with Crippen LogP contribution in [0, 0.1) is 13.8 Å². The van der Waals surface area contributed by atoms with Crippen molar-refractivity contribution in [1.82, 2.24) is 15.0 Å². The zero-order chi connectivity index (χ0) is 25.3. The molecular formula is C22H21N5O6S2. The summed E-state index contributed by atoms with van der Waals surface area (Å²) in [5.41, 5.74) is -0.230. The quantitative estimate of drug-likeness (QED) is 0.341. The fourth-order valence-electron chi connectivity index (χ4n) is 3.45. The van der Waals surface area contributed by atoms with Gasteiger partial charge in [-0.1, -0.05) is 17.4 Å². The van der Waals surface area contributed by atoms with Gasteiger partial charge in [-0.05, 0) is 55.8 Å². The Kier molecular flexibility index (Phi) is 6.45. The lowest BCUT2D eigenvalue weighted by molar-refractivity contribution is -0.114. The van der Waals surface area contributed by atoms with E-state index in [0.717, 1.165) is 14.6 Å². The Hall–Kier alpha value is -3.97. The second kappa shape index (κ2) is 9.35. The molecule has 0 fully saturated rings. The van der Waals surface area contributed by atoms with Gasteiger partial charge in [0.15, 0.2) is 10.0 Å². The number of sulfonamides is 1. The fourth-order valence-corrected chi connectivity index (χ4v) is 6.06. The maximum absolute atomic E-state index is 13.6. The van der Waals surface area contributed by atoms with E-state index in [2.05, 4.69) is 15.3 Å². The number of ether oxygens (including phenoxy) is 1. The molecule has 0 aliphatic carbocycles. The zero-order valence-corrected chi connectivity index (χ0v) is 20.5. The average Bonchev–Trinajstić information content (AvgIpc) is 3.17. The van der Waals surface area contributed by atoms with E-state index in [0.29, 0.717) is 16.4 Å². The zero-order valence-electron chi connectivity index (χ0n) is 18.9. The van der Waals surface area contributed by atoms with Crippen molar-refractivity contribution >= 4 is 48.3 Å². The maximum Gasteiger partial charge on any atom is 0.325 e. The molecule has 0 aliphatic heterocycles. The Bertz CT molecular complexity index is 1640. The van der Waals surface area contributed by atoms with Gasteiger partial charge in [-0.2, -0.15) is 0 Å². The Morgan fingerprint density at radius 3 is 2.49 bits per heavy atom. The molecule has 0 aliphatic rings. The third-order valence-corrected chi connectivity index (χ3v) is 7.92. The van der Waals surface area contributed by atoms with E-state index < -0.39 is 38.6 Å². The summed E-state index contributed by atoms with van der Waals surface area (Å²) in [6.45, 7) is 2.58. The summed E-state index contributed by atoms with van der Waals surface area (Å²) in [5, 5.41) is 2.94. The predicted molar refractivity (Wildman–Crippen MR) is 133 cm³/mol. The van der Waals surface area contributed by atoms with Crippen molar-refractivity contribution in [1.29, 1.82) is 0 Å². The molecule has 0 bridgehead atoms. The lowest BCUT2D eigenvalue weighted by Gasteiger charge is -2.24. The van der Waals surface area contributed by atoms with Crippen LogP contribution in [0.4, 0.5) is 10.8 Å². The molecule has 11 nitrogen and oxygen atoms in total. The van der Waals surface area contributed by atoms with Crippen molar-refractivity contribution in [3.05, 3.63) is 74.6 Å². The van der Waals surface area contributed by atoms with Crippen LogP contribution in [-0.2, 0) is 14.8 Å². The molecule has 2 aromatic heterocycles. The number of benzene rings is 2. The van der Waals surface area contributed by atoms with Gasteiger partial charge in [0, 0.05) is 5.69 Å². The van der Waals surface area contributed by atoms with Crippen LogP contribution in [0.1, 0.15) is 11.3 Å². The molecule has 3 N–H and O–H groups in total. The van der Waals surface area contributed by atoms with Crippen molar-refractivity contribution in [2.75, 3.05) is 23.3 Å². The molecule has 1 amide bonds. The minimum absolute atomic E-state index is 0.117. The van der Waals surface area contributed by atoms with Crippen molar-refractivity contribution in [3.8, 4) is 5.75 Å². The van der Waals surface area contributed by atoms with Crippen LogP contribution in [0.15, 0.2) is 56.9 Å². The highest BCUT2D eigenvalue weighted by Gasteiger charge is 2.32. The summed E-state index contributed by atoms with van der Waals surface area (Å²) in [4.78, 5) is 44.8. The summed E-state index contributed by atoms with van der Waals surface area (Å²) in [6.07, 6.45) is 0. The molecule has 182 valence electrons. The normalized spacial score (nSPS) is 11.4. The van der Waals surface area contributed by atoms with E-state index in [1.165, 1.54) is 49.6 Å². The number of nitrogens with one attached hydrogen (secondary N) is 3. The van der Waals surface area contributed by atoms with Gasteiger partial charge in [0.2, 0.25) is 5.91 Å². The molecular weight excluding hydrogens is 494 g/mol. The number of amides is 1. The van der Waals surface area contributed by atoms with Gasteiger partial charge in [0.25, 0.3) is 15.6 Å². The SMILES string of the molecule is COc1ccc(N(CC(=O)Nc2nc3ccc(C)cc3s2)S(=O)(=O)c2c(C)[nH]c(=O)[nH]c2=O)cc1. The number of hydrogen-bond acceptors (Lipinski definition) is 8. The summed E-state index contributed by atoms with van der Waals surface area (Å²) < 4.78 is 33.9. The van der Waals surface area contributed by atoms with E-state index >= 15 is 0 Å². The third-order valence-electron chi connectivity index (χ3n) is 5.06. The topological polar surface area (TPSA) is 154 Å². The van der Waals surface area contributed by atoms with Gasteiger partial charge >= 0.3 is 5.69 Å². The first kappa shape index (κ1) is 24.2. The highest BCUT2D eigenvalue weighted by atomic mass is 32.2. The monoisotopic (exact) mass is 515 g/mol. The van der Waals surface area contributed by atoms with Gasteiger partial charge in [-0.3, -0.25) is 18.9 Å². The number of rotatable bonds is 7. The van der Waals surface area contributed by atoms with E-state index in [1.54, 1.807) is 0 Å². The van der Waals surface area contributed by atoms with Gasteiger partial charge in [-0.15, -0.1) is 0 Å². The highest BCUT2D eigenvalue weighted by molar-refractivity contribution is 7.92. The molecule has 0 radical (unpaired) electrons. The minimum Gasteiger partial charge on any atom is -0.497 e. The predicted octanol–water partition coefficient (Wildman–Crippen LogP) is 2.13. The van der Waals surface area contributed by atoms with Crippen LogP contribution in [0.25, 0.3) is 10.2 Å². The molecule has 2 aromatic carbocycles. The largest absolute Gasteiger partial charge is 0.497 e. The van der Waals surface area contributed by atoms with Crippen LogP contribution in [0.5, 0.6) is 5.75 Å². The fraction of sp³-hybridized carbons (Fsp3) is 0.182. The number of H-pyrrole nitrogens is 2. The molecule has 2 heterocycles. The van der Waals surface area contributed by atoms with Gasteiger partial charge in [0.1, 0.15) is 12.3 Å². The number of hydrogen-bond donors (Lipinski definition) is 3. The summed E-state index contributed by atoms with van der Waals surface area (Å²) >= 11 is 1.26. The van der Waals surface area contributed by atoms with Crippen molar-refractivity contribution in [2.45, 2.75) is 18.7 Å². The Morgan fingerprint density at radius 2 is 1.83 bits per heavy atom. The first-order valence-corrected chi connectivity index (χ1v) is 12.5. The van der Waals surface area contributed by atoms with E-state index in [4.69, 9.17) is 4.74 Å². The molecule has 13 heteroatoms. The first-order chi connectivity index (χ1) is 16.6. The Balaban J connectivity index is 1.72. The Labute approximate surface area is 203 Å². The molecule has 0 unspecified atom stereocenters. The number of aryl methyl sites for hydroxylation is 2. The Morgan fingerprint density at radius 1 is 1.11 bits per heavy atom. The number of aromatic nitrogens is 3. The number of fused-ring (bicyclic) bond motifs is 1. The summed E-state index contributed by atoms with van der Waals surface area (Å²) in [7, 11) is -3.11. The minimum atomic E-state index is -4.57. The number of aromatic amines is 2. The van der Waals surface area contributed by atoms with Crippen LogP contribution in [0.3, 0.4) is 0 Å². The number of carbonyl (C=O) groups excluding carboxylic acids is 1. The smallest absolute Gasteiger partial charge is 0.325 e. The van der Waals surface area contributed by atoms with Crippen LogP contribution in [0.2, 0.25) is 0 Å². The van der Waals surface area contributed by atoms with E-state index in [9.17, 15) is 22.8 Å². The first-order valence-electron chi connectivity index (χ1n) is 10.3. The summed E-state index contributed by atoms with van der Waals surface area (Å²) in [5.74, 6) is -0.197. The number of carbonyl (C=O) groups is 1. The molecule has 0 spiro atoms. The van der Waals surface area contributed by atoms with Gasteiger partial charge in [-0.25, -0.2) is 18.2 Å². The molecule has 4 rings (SSSR count). The standard InChI is InChI=1S/C22H21N5O6S2/c1-12-4-9-16-17(10-12)34-22(24-16)25-18(28)11-27(14-5-7-15(33-3)8-6-14)35(31,32)19-13(2)23-21(30)26-20(19)29/h4-10H,11H2,1-3H3,(H,24,25,28)(H2,23,26,29,30). The van der Waals surface area contributed by atoms with Crippen molar-refractivity contribution < 1.29 is 17.9 Å². The van der Waals surface area contributed by atoms with E-state index in [1.807, 2.05) is 30.1 Å². The number of methoxy groups -OCH3 is 1. The van der Waals surface area contributed by atoms with Crippen LogP contribution >= 0.6 is 11.3 Å². The number of thiazole rings is 1. The third kappa shape index (κ3) is 4.95. The molecule has 0 saturated heterocycles. The molecule has 4 aromatic rings. The molecule has 35 heavy (non-hydrogen) atoms. The second-order valence-electron chi connectivity index (χ2n) is 7.61. The summed E-state index contributed by atoms with van der Waals surface area (Å²) in [6, 6.07) is 11.6. The van der Waals surface area contributed by atoms with Crippen LogP contribution < -0.4 is 25.6 Å². The van der Waals surface area contributed by atoms with Crippen molar-refractivity contribution in [3.63, 3.8) is 0 Å². The number of anilines is 2. The van der Waals surface area contributed by atoms with Crippen LogP contribution in [-0.4, -0.2) is 42.9 Å². The van der Waals surface area contributed by atoms with Crippen molar-refractivity contribution in [2.24, 2.45) is 0 Å². The highest BCUT2D eigenvalue weighted by Crippen LogP contribution is 2.28. The lowest BCUT2D eigenvalue weighted by Crippen LogP contribution is -2.42. The molecule has 0 atom stereocenters. The van der Waals surface area contributed by atoms with Gasteiger partial charge < -0.3 is 15.0 Å². The second-order valence-corrected chi connectivity index (χ2v) is 10.4. The number of nitrogens with zero attached hydrogens (tertiary/aromatic N) is 2. The maximum atomic E-state index is 13.6. The van der Waals surface area contributed by atoms with E-state index in [-0.39, 0.29) is 11.4 Å². The molecule has 0 saturated carbocycles.